The Balaban J connectivity index is 2.40. The van der Waals surface area contributed by atoms with E-state index in [2.05, 4.69) is 0 Å². The van der Waals surface area contributed by atoms with E-state index in [1.165, 1.54) is 0 Å². The highest BCUT2D eigenvalue weighted by Gasteiger charge is 2.64. The van der Waals surface area contributed by atoms with Crippen LogP contribution in [0.1, 0.15) is 20.3 Å². The van der Waals surface area contributed by atoms with Gasteiger partial charge in [0.25, 0.3) is 0 Å². The van der Waals surface area contributed by atoms with Crippen LogP contribution < -0.4 is 0 Å². The molecule has 1 saturated heterocycles. The van der Waals surface area contributed by atoms with Crippen molar-refractivity contribution in [2.75, 3.05) is 26.8 Å². The fraction of sp³-hybridized carbons (Fsp3) is 0.714. The Kier molecular flexibility index (Phi) is 3.94. The van der Waals surface area contributed by atoms with Gasteiger partial charge in [0.05, 0.1) is 13.2 Å². The minimum Gasteiger partial charge on any atom is -0.464 e. The third-order valence-electron chi connectivity index (χ3n) is 4.06. The molecule has 0 radical (unpaired) electrons. The van der Waals surface area contributed by atoms with Crippen LogP contribution in [-0.2, 0) is 19.1 Å². The molecular formula is C14H21NO4. The first-order valence-electron chi connectivity index (χ1n) is 6.81. The number of likely N-dealkylation sites (tertiary alicyclic amines) is 1. The average Bonchev–Trinajstić information content (AvgIpc) is 2.88. The van der Waals surface area contributed by atoms with E-state index in [0.717, 1.165) is 6.42 Å². The van der Waals surface area contributed by atoms with Crippen LogP contribution in [0.25, 0.3) is 0 Å². The van der Waals surface area contributed by atoms with Crippen molar-refractivity contribution < 1.29 is 19.1 Å². The smallest absolute Gasteiger partial charge is 0.338 e. The number of likely N-dealkylation sites (N-methyl/N-ethyl adjacent to an activating group) is 1. The van der Waals surface area contributed by atoms with Crippen LogP contribution >= 0.6 is 0 Å². The lowest BCUT2D eigenvalue weighted by Gasteiger charge is -2.34. The van der Waals surface area contributed by atoms with Gasteiger partial charge in [-0.25, -0.2) is 9.59 Å². The normalized spacial score (nSPS) is 28.2. The zero-order valence-corrected chi connectivity index (χ0v) is 11.7. The van der Waals surface area contributed by atoms with Crippen LogP contribution in [0.3, 0.4) is 0 Å². The minimum atomic E-state index is -1.30. The Morgan fingerprint density at radius 1 is 1.26 bits per heavy atom. The molecule has 5 nitrogen and oxygen atoms in total. The predicted molar refractivity (Wildman–Crippen MR) is 69.4 cm³/mol. The van der Waals surface area contributed by atoms with Crippen LogP contribution in [0, 0.1) is 11.8 Å². The van der Waals surface area contributed by atoms with Gasteiger partial charge in [0.15, 0.2) is 0 Å². The molecule has 2 aliphatic rings. The zero-order chi connectivity index (χ0) is 14.0. The van der Waals surface area contributed by atoms with Gasteiger partial charge in [-0.05, 0) is 33.2 Å². The van der Waals surface area contributed by atoms with Gasteiger partial charge in [0, 0.05) is 12.5 Å². The van der Waals surface area contributed by atoms with Crippen molar-refractivity contribution in [2.24, 2.45) is 11.8 Å². The Morgan fingerprint density at radius 3 is 2.37 bits per heavy atom. The lowest BCUT2D eigenvalue weighted by Crippen LogP contribution is -2.60. The van der Waals surface area contributed by atoms with E-state index in [0.29, 0.717) is 12.5 Å². The maximum absolute atomic E-state index is 12.4. The van der Waals surface area contributed by atoms with Crippen LogP contribution in [0.4, 0.5) is 0 Å². The standard InChI is InChI=1S/C14H21NO4/c1-4-18-12(16)14(13(17)19-5-2)11-8-6-7-10(11)9-15(14)3/h6,8,10-11H,4-5,7,9H2,1-3H3/t10-,11-/m1/s1. The van der Waals surface area contributed by atoms with Crippen molar-refractivity contribution in [1.29, 1.82) is 0 Å². The summed E-state index contributed by atoms with van der Waals surface area (Å²) in [4.78, 5) is 26.7. The van der Waals surface area contributed by atoms with Gasteiger partial charge >= 0.3 is 11.9 Å². The second-order valence-corrected chi connectivity index (χ2v) is 5.04. The second-order valence-electron chi connectivity index (χ2n) is 5.04. The molecule has 0 N–H and O–H groups in total. The number of fused-ring (bicyclic) bond motifs is 1. The fourth-order valence-corrected chi connectivity index (χ4v) is 3.27. The summed E-state index contributed by atoms with van der Waals surface area (Å²) >= 11 is 0. The lowest BCUT2D eigenvalue weighted by molar-refractivity contribution is -0.173. The molecular weight excluding hydrogens is 246 g/mol. The minimum absolute atomic E-state index is 0.143. The summed E-state index contributed by atoms with van der Waals surface area (Å²) in [6.07, 6.45) is 4.90. The Hall–Kier alpha value is -1.36. The molecule has 19 heavy (non-hydrogen) atoms. The molecule has 2 atom stereocenters. The van der Waals surface area contributed by atoms with E-state index in [1.54, 1.807) is 25.8 Å². The third kappa shape index (κ3) is 1.96. The molecule has 0 amide bonds. The van der Waals surface area contributed by atoms with Gasteiger partial charge in [0.2, 0.25) is 5.54 Å². The second kappa shape index (κ2) is 5.33. The number of carbonyl (C=O) groups is 2. The highest BCUT2D eigenvalue weighted by molar-refractivity contribution is 6.06. The monoisotopic (exact) mass is 267 g/mol. The molecule has 106 valence electrons. The van der Waals surface area contributed by atoms with Crippen molar-refractivity contribution >= 4 is 11.9 Å². The predicted octanol–water partition coefficient (Wildman–Crippen LogP) is 0.989. The maximum atomic E-state index is 12.4. The Labute approximate surface area is 113 Å². The first-order valence-corrected chi connectivity index (χ1v) is 6.81. The van der Waals surface area contributed by atoms with E-state index in [4.69, 9.17) is 9.47 Å². The number of hydrogen-bond donors (Lipinski definition) is 0. The van der Waals surface area contributed by atoms with Crippen LogP contribution in [-0.4, -0.2) is 49.2 Å². The molecule has 0 aromatic carbocycles. The Bertz CT molecular complexity index is 386. The molecule has 1 aliphatic carbocycles. The van der Waals surface area contributed by atoms with E-state index in [-0.39, 0.29) is 19.1 Å². The molecule has 1 aliphatic heterocycles. The summed E-state index contributed by atoms with van der Waals surface area (Å²) in [6, 6.07) is 0. The van der Waals surface area contributed by atoms with E-state index < -0.39 is 17.5 Å². The molecule has 1 heterocycles. The summed E-state index contributed by atoms with van der Waals surface area (Å²) < 4.78 is 10.3. The van der Waals surface area contributed by atoms with Crippen LogP contribution in [0.15, 0.2) is 12.2 Å². The summed E-state index contributed by atoms with van der Waals surface area (Å²) in [5, 5.41) is 0. The third-order valence-corrected chi connectivity index (χ3v) is 4.06. The first kappa shape index (κ1) is 14.1. The number of esters is 2. The molecule has 0 saturated carbocycles. The van der Waals surface area contributed by atoms with E-state index in [9.17, 15) is 9.59 Å². The number of rotatable bonds is 4. The quantitative estimate of drug-likeness (QED) is 0.432. The molecule has 2 rings (SSSR count). The SMILES string of the molecule is CCOC(=O)C1(C(=O)OCC)[C@@H]2C=CC[C@@H]2CN1C. The topological polar surface area (TPSA) is 55.8 Å². The number of hydrogen-bond acceptors (Lipinski definition) is 5. The lowest BCUT2D eigenvalue weighted by atomic mass is 9.81. The number of carbonyl (C=O) groups excluding carboxylic acids is 2. The highest BCUT2D eigenvalue weighted by Crippen LogP contribution is 2.45. The van der Waals surface area contributed by atoms with Crippen molar-refractivity contribution in [3.05, 3.63) is 12.2 Å². The van der Waals surface area contributed by atoms with Crippen LogP contribution in [0.5, 0.6) is 0 Å². The molecule has 0 aromatic heterocycles. The first-order chi connectivity index (χ1) is 9.08. The number of ether oxygens (including phenoxy) is 2. The van der Waals surface area contributed by atoms with E-state index in [1.807, 2.05) is 12.2 Å². The fourth-order valence-electron chi connectivity index (χ4n) is 3.27. The van der Waals surface area contributed by atoms with E-state index >= 15 is 0 Å². The summed E-state index contributed by atoms with van der Waals surface area (Å²) in [5.41, 5.74) is -1.30. The summed E-state index contributed by atoms with van der Waals surface area (Å²) in [6.45, 7) is 4.71. The van der Waals surface area contributed by atoms with Crippen molar-refractivity contribution in [3.63, 3.8) is 0 Å². The molecule has 1 fully saturated rings. The van der Waals surface area contributed by atoms with Gasteiger partial charge in [-0.2, -0.15) is 0 Å². The van der Waals surface area contributed by atoms with Gasteiger partial charge in [0.1, 0.15) is 0 Å². The zero-order valence-electron chi connectivity index (χ0n) is 11.7. The Morgan fingerprint density at radius 2 is 1.84 bits per heavy atom. The molecule has 0 aromatic rings. The molecule has 0 unspecified atom stereocenters. The maximum Gasteiger partial charge on any atom is 0.338 e. The van der Waals surface area contributed by atoms with Gasteiger partial charge < -0.3 is 9.47 Å². The summed E-state index contributed by atoms with van der Waals surface area (Å²) in [5.74, 6) is -0.834. The van der Waals surface area contributed by atoms with Gasteiger partial charge in [-0.1, -0.05) is 12.2 Å². The van der Waals surface area contributed by atoms with Gasteiger partial charge in [-0.15, -0.1) is 0 Å². The largest absolute Gasteiger partial charge is 0.464 e. The van der Waals surface area contributed by atoms with Crippen molar-refractivity contribution in [2.45, 2.75) is 25.8 Å². The summed E-state index contributed by atoms with van der Waals surface area (Å²) in [7, 11) is 1.79. The molecule has 5 heteroatoms. The van der Waals surface area contributed by atoms with Gasteiger partial charge in [-0.3, -0.25) is 4.90 Å². The number of allylic oxidation sites excluding steroid dienone is 1. The highest BCUT2D eigenvalue weighted by atomic mass is 16.6. The molecule has 0 spiro atoms. The average molecular weight is 267 g/mol. The van der Waals surface area contributed by atoms with Crippen LogP contribution in [0.2, 0.25) is 0 Å². The molecule has 0 bridgehead atoms. The van der Waals surface area contributed by atoms with Crippen molar-refractivity contribution in [1.82, 2.24) is 4.90 Å². The van der Waals surface area contributed by atoms with Crippen molar-refractivity contribution in [3.8, 4) is 0 Å². The number of nitrogens with zero attached hydrogens (tertiary/aromatic N) is 1.